The number of carbonyl (C=O) groups excluding carboxylic acids is 2. The highest BCUT2D eigenvalue weighted by Gasteiger charge is 2.32. The predicted octanol–water partition coefficient (Wildman–Crippen LogP) is 5.17. The first-order chi connectivity index (χ1) is 12.4. The van der Waals surface area contributed by atoms with Crippen molar-refractivity contribution in [3.63, 3.8) is 0 Å². The van der Waals surface area contributed by atoms with Gasteiger partial charge in [-0.05, 0) is 56.9 Å². The first kappa shape index (κ1) is 23.0. The van der Waals surface area contributed by atoms with Crippen LogP contribution in [0.25, 0.3) is 0 Å². The van der Waals surface area contributed by atoms with Crippen molar-refractivity contribution in [2.24, 2.45) is 11.3 Å². The van der Waals surface area contributed by atoms with Gasteiger partial charge in [0.15, 0.2) is 6.61 Å². The van der Waals surface area contributed by atoms with E-state index in [0.717, 1.165) is 19.3 Å². The molecule has 0 amide bonds. The van der Waals surface area contributed by atoms with Gasteiger partial charge in [0.05, 0.1) is 5.92 Å². The summed E-state index contributed by atoms with van der Waals surface area (Å²) >= 11 is 0. The number of ether oxygens (including phenoxy) is 3. The molecule has 0 heterocycles. The van der Waals surface area contributed by atoms with E-state index >= 15 is 0 Å². The topological polar surface area (TPSA) is 61.8 Å². The first-order valence-corrected chi connectivity index (χ1v) is 9.59. The molecule has 0 N–H and O–H groups in total. The van der Waals surface area contributed by atoms with Gasteiger partial charge in [0.2, 0.25) is 0 Å². The van der Waals surface area contributed by atoms with Gasteiger partial charge >= 0.3 is 11.9 Å². The Hall–Kier alpha value is -2.04. The number of rotatable bonds is 8. The molecule has 0 aliphatic rings. The molecule has 1 unspecified atom stereocenters. The van der Waals surface area contributed by atoms with Gasteiger partial charge in [-0.15, -0.1) is 0 Å². The Kier molecular flexibility index (Phi) is 8.32. The highest BCUT2D eigenvalue weighted by atomic mass is 16.6. The average Bonchev–Trinajstić information content (AvgIpc) is 2.51. The fourth-order valence-electron chi connectivity index (χ4n) is 2.62. The quantitative estimate of drug-likeness (QED) is 0.461. The third-order valence-electron chi connectivity index (χ3n) is 4.00. The minimum Gasteiger partial charge on any atom is -0.482 e. The SMILES string of the molecule is CCCCC(C(=O)Oc1ccc(OCC(=O)OC(C)(C)C)cc1)C(C)(C)C. The van der Waals surface area contributed by atoms with Crippen molar-refractivity contribution in [2.45, 2.75) is 73.3 Å². The van der Waals surface area contributed by atoms with E-state index in [0.29, 0.717) is 11.5 Å². The molecule has 0 saturated carbocycles. The van der Waals surface area contributed by atoms with Crippen molar-refractivity contribution >= 4 is 11.9 Å². The van der Waals surface area contributed by atoms with Crippen LogP contribution in [0.3, 0.4) is 0 Å². The van der Waals surface area contributed by atoms with Crippen molar-refractivity contribution in [3.8, 4) is 11.5 Å². The summed E-state index contributed by atoms with van der Waals surface area (Å²) in [5.41, 5.74) is -0.692. The Morgan fingerprint density at radius 1 is 0.963 bits per heavy atom. The molecule has 1 atom stereocenters. The van der Waals surface area contributed by atoms with E-state index in [9.17, 15) is 9.59 Å². The van der Waals surface area contributed by atoms with Gasteiger partial charge in [0, 0.05) is 0 Å². The van der Waals surface area contributed by atoms with Crippen LogP contribution in [-0.4, -0.2) is 24.1 Å². The van der Waals surface area contributed by atoms with Crippen LogP contribution in [0.4, 0.5) is 0 Å². The fraction of sp³-hybridized carbons (Fsp3) is 0.636. The Morgan fingerprint density at radius 3 is 2.00 bits per heavy atom. The summed E-state index contributed by atoms with van der Waals surface area (Å²) in [4.78, 5) is 24.3. The van der Waals surface area contributed by atoms with Crippen LogP contribution < -0.4 is 9.47 Å². The van der Waals surface area contributed by atoms with Crippen LogP contribution in [0.15, 0.2) is 24.3 Å². The molecule has 0 aromatic heterocycles. The second-order valence-electron chi connectivity index (χ2n) is 8.83. The summed E-state index contributed by atoms with van der Waals surface area (Å²) in [5, 5.41) is 0. The largest absolute Gasteiger partial charge is 0.482 e. The van der Waals surface area contributed by atoms with Gasteiger partial charge in [-0.25, -0.2) is 4.79 Å². The molecule has 0 aliphatic heterocycles. The molecule has 0 saturated heterocycles. The van der Waals surface area contributed by atoms with Crippen LogP contribution in [0, 0.1) is 11.3 Å². The summed E-state index contributed by atoms with van der Waals surface area (Å²) in [7, 11) is 0. The molecular formula is C22H34O5. The zero-order chi connectivity index (χ0) is 20.7. The van der Waals surface area contributed by atoms with E-state index < -0.39 is 11.6 Å². The monoisotopic (exact) mass is 378 g/mol. The third-order valence-corrected chi connectivity index (χ3v) is 4.00. The van der Waals surface area contributed by atoms with Crippen molar-refractivity contribution in [1.82, 2.24) is 0 Å². The van der Waals surface area contributed by atoms with E-state index in [4.69, 9.17) is 14.2 Å². The molecule has 27 heavy (non-hydrogen) atoms. The second kappa shape index (κ2) is 9.77. The van der Waals surface area contributed by atoms with Crippen molar-refractivity contribution in [1.29, 1.82) is 0 Å². The van der Waals surface area contributed by atoms with Crippen LogP contribution >= 0.6 is 0 Å². The molecule has 152 valence electrons. The van der Waals surface area contributed by atoms with Crippen molar-refractivity contribution in [2.75, 3.05) is 6.61 Å². The lowest BCUT2D eigenvalue weighted by atomic mass is 9.78. The number of hydrogen-bond donors (Lipinski definition) is 0. The van der Waals surface area contributed by atoms with Crippen LogP contribution in [0.2, 0.25) is 0 Å². The number of unbranched alkanes of at least 4 members (excludes halogenated alkanes) is 1. The maximum atomic E-state index is 12.6. The summed E-state index contributed by atoms with van der Waals surface area (Å²) < 4.78 is 16.2. The highest BCUT2D eigenvalue weighted by Crippen LogP contribution is 2.32. The summed E-state index contributed by atoms with van der Waals surface area (Å²) in [6, 6.07) is 6.68. The van der Waals surface area contributed by atoms with Gasteiger partial charge in [0.1, 0.15) is 17.1 Å². The molecule has 5 nitrogen and oxygen atoms in total. The van der Waals surface area contributed by atoms with Gasteiger partial charge in [-0.1, -0.05) is 40.5 Å². The van der Waals surface area contributed by atoms with Crippen molar-refractivity contribution < 1.29 is 23.8 Å². The highest BCUT2D eigenvalue weighted by molar-refractivity contribution is 5.76. The van der Waals surface area contributed by atoms with E-state index in [1.54, 1.807) is 45.0 Å². The van der Waals surface area contributed by atoms with Crippen LogP contribution in [0.5, 0.6) is 11.5 Å². The van der Waals surface area contributed by atoms with Gasteiger partial charge < -0.3 is 14.2 Å². The number of benzene rings is 1. The lowest BCUT2D eigenvalue weighted by Crippen LogP contribution is -2.32. The molecule has 5 heteroatoms. The Labute approximate surface area is 163 Å². The van der Waals surface area contributed by atoms with Gasteiger partial charge in [-0.3, -0.25) is 4.79 Å². The number of hydrogen-bond acceptors (Lipinski definition) is 5. The summed E-state index contributed by atoms with van der Waals surface area (Å²) in [6.45, 7) is 13.5. The predicted molar refractivity (Wildman–Crippen MR) is 106 cm³/mol. The molecular weight excluding hydrogens is 344 g/mol. The molecule has 0 aliphatic carbocycles. The summed E-state index contributed by atoms with van der Waals surface area (Å²) in [6.07, 6.45) is 2.86. The van der Waals surface area contributed by atoms with Gasteiger partial charge in [0.25, 0.3) is 0 Å². The van der Waals surface area contributed by atoms with Gasteiger partial charge in [-0.2, -0.15) is 0 Å². The van der Waals surface area contributed by atoms with Crippen LogP contribution in [-0.2, 0) is 14.3 Å². The lowest BCUT2D eigenvalue weighted by Gasteiger charge is -2.28. The molecule has 0 spiro atoms. The zero-order valence-electron chi connectivity index (χ0n) is 17.8. The standard InChI is InChI=1S/C22H34O5/c1-8-9-10-18(21(2,3)4)20(24)26-17-13-11-16(12-14-17)25-15-19(23)27-22(5,6)7/h11-14,18H,8-10,15H2,1-7H3. The normalized spacial score (nSPS) is 13.0. The summed E-state index contributed by atoms with van der Waals surface area (Å²) in [5.74, 6) is 0.190. The zero-order valence-corrected chi connectivity index (χ0v) is 17.8. The minimum absolute atomic E-state index is 0.150. The van der Waals surface area contributed by atoms with E-state index in [-0.39, 0.29) is 23.9 Å². The smallest absolute Gasteiger partial charge is 0.344 e. The minimum atomic E-state index is -0.542. The third kappa shape index (κ3) is 8.94. The fourth-order valence-corrected chi connectivity index (χ4v) is 2.62. The van der Waals surface area contributed by atoms with Crippen molar-refractivity contribution in [3.05, 3.63) is 24.3 Å². The van der Waals surface area contributed by atoms with E-state index in [1.807, 2.05) is 0 Å². The second-order valence-corrected chi connectivity index (χ2v) is 8.83. The van der Waals surface area contributed by atoms with E-state index in [2.05, 4.69) is 27.7 Å². The lowest BCUT2D eigenvalue weighted by molar-refractivity contribution is -0.157. The maximum Gasteiger partial charge on any atom is 0.344 e. The first-order valence-electron chi connectivity index (χ1n) is 9.59. The Bertz CT molecular complexity index is 605. The Morgan fingerprint density at radius 2 is 1.52 bits per heavy atom. The molecule has 0 fully saturated rings. The molecule has 1 aromatic rings. The number of esters is 2. The molecule has 0 radical (unpaired) electrons. The Balaban J connectivity index is 2.62. The van der Waals surface area contributed by atoms with E-state index in [1.165, 1.54) is 0 Å². The maximum absolute atomic E-state index is 12.6. The molecule has 1 aromatic carbocycles. The average molecular weight is 379 g/mol. The number of carbonyl (C=O) groups is 2. The molecule has 1 rings (SSSR count). The molecule has 0 bridgehead atoms. The van der Waals surface area contributed by atoms with Crippen LogP contribution in [0.1, 0.15) is 67.7 Å².